The number of urea groups is 1. The molecule has 2 aromatic rings. The molecule has 10 heteroatoms. The molecule has 7 nitrogen and oxygen atoms in total. The predicted octanol–water partition coefficient (Wildman–Crippen LogP) is 4.55. The first-order valence-electron chi connectivity index (χ1n) is 9.77. The third-order valence-corrected chi connectivity index (χ3v) is 5.09. The van der Waals surface area contributed by atoms with Crippen molar-refractivity contribution < 1.29 is 32.3 Å². The standard InChI is InChI=1S/C23H18F3N3O4/c1-3-33-21(31)19-14(2)29(18-6-4-5-17(11-18)23(24,25)26)22(32)28(13-30)20(19)16-9-7-15(12-27)8-10-16/h4-11,13,20H,3H2,1-2H3. The number of nitrogens with zero attached hydrogens (tertiary/aromatic N) is 3. The van der Waals surface area contributed by atoms with E-state index in [2.05, 4.69) is 0 Å². The Hall–Kier alpha value is -4.13. The maximum Gasteiger partial charge on any atom is 0.416 e. The topological polar surface area (TPSA) is 90.7 Å². The minimum absolute atomic E-state index is 0.00566. The van der Waals surface area contributed by atoms with Gasteiger partial charge in [-0.25, -0.2) is 9.59 Å². The van der Waals surface area contributed by atoms with E-state index in [1.54, 1.807) is 6.92 Å². The fourth-order valence-electron chi connectivity index (χ4n) is 3.59. The zero-order chi connectivity index (χ0) is 24.3. The number of ether oxygens (including phenoxy) is 1. The van der Waals surface area contributed by atoms with Crippen molar-refractivity contribution in [3.05, 3.63) is 76.5 Å². The summed E-state index contributed by atoms with van der Waals surface area (Å²) in [5, 5.41) is 9.03. The quantitative estimate of drug-likeness (QED) is 0.485. The van der Waals surface area contributed by atoms with Gasteiger partial charge in [0.25, 0.3) is 0 Å². The molecule has 0 bridgehead atoms. The number of hydrogen-bond acceptors (Lipinski definition) is 5. The molecule has 1 aliphatic heterocycles. The van der Waals surface area contributed by atoms with Gasteiger partial charge in [-0.1, -0.05) is 18.2 Å². The van der Waals surface area contributed by atoms with Crippen molar-refractivity contribution in [2.75, 3.05) is 11.5 Å². The van der Waals surface area contributed by atoms with Gasteiger partial charge < -0.3 is 4.74 Å². The van der Waals surface area contributed by atoms with Crippen LogP contribution in [-0.2, 0) is 20.5 Å². The second kappa shape index (κ2) is 9.16. The van der Waals surface area contributed by atoms with Crippen molar-refractivity contribution in [3.8, 4) is 6.07 Å². The maximum atomic E-state index is 13.3. The summed E-state index contributed by atoms with van der Waals surface area (Å²) in [6, 6.07) is 9.70. The summed E-state index contributed by atoms with van der Waals surface area (Å²) in [7, 11) is 0. The number of carbonyl (C=O) groups is 3. The number of anilines is 1. The summed E-state index contributed by atoms with van der Waals surface area (Å²) in [6.07, 6.45) is -4.46. The average molecular weight is 457 g/mol. The lowest BCUT2D eigenvalue weighted by atomic mass is 9.92. The summed E-state index contributed by atoms with van der Waals surface area (Å²) in [5.74, 6) is -0.833. The molecule has 0 radical (unpaired) electrons. The van der Waals surface area contributed by atoms with Crippen molar-refractivity contribution in [2.24, 2.45) is 0 Å². The number of hydrogen-bond donors (Lipinski definition) is 0. The van der Waals surface area contributed by atoms with Gasteiger partial charge in [-0.2, -0.15) is 18.4 Å². The molecular weight excluding hydrogens is 439 g/mol. The minimum Gasteiger partial charge on any atom is -0.463 e. The number of rotatable bonds is 5. The number of allylic oxidation sites excluding steroid dienone is 1. The number of esters is 1. The van der Waals surface area contributed by atoms with Crippen LogP contribution < -0.4 is 4.90 Å². The first kappa shape index (κ1) is 23.5. The number of halogens is 3. The van der Waals surface area contributed by atoms with Crippen LogP contribution >= 0.6 is 0 Å². The summed E-state index contributed by atoms with van der Waals surface area (Å²) in [6.45, 7) is 2.96. The first-order chi connectivity index (χ1) is 15.6. The number of imide groups is 1. The van der Waals surface area contributed by atoms with E-state index in [0.29, 0.717) is 16.0 Å². The lowest BCUT2D eigenvalue weighted by molar-refractivity contribution is -0.140. The van der Waals surface area contributed by atoms with Gasteiger partial charge in [-0.05, 0) is 49.7 Å². The van der Waals surface area contributed by atoms with Crippen LogP contribution in [0.15, 0.2) is 59.8 Å². The van der Waals surface area contributed by atoms with Crippen molar-refractivity contribution >= 4 is 24.1 Å². The average Bonchev–Trinajstić information content (AvgIpc) is 2.78. The third-order valence-electron chi connectivity index (χ3n) is 5.09. The van der Waals surface area contributed by atoms with Gasteiger partial charge in [0, 0.05) is 5.70 Å². The largest absolute Gasteiger partial charge is 0.463 e. The summed E-state index contributed by atoms with van der Waals surface area (Å²) >= 11 is 0. The molecule has 0 saturated heterocycles. The first-order valence-corrected chi connectivity index (χ1v) is 9.77. The van der Waals surface area contributed by atoms with E-state index in [4.69, 9.17) is 10.00 Å². The Labute approximate surface area is 187 Å². The van der Waals surface area contributed by atoms with Crippen LogP contribution in [0.2, 0.25) is 0 Å². The molecule has 3 amide bonds. The zero-order valence-corrected chi connectivity index (χ0v) is 17.6. The maximum absolute atomic E-state index is 13.3. The molecule has 1 atom stereocenters. The highest BCUT2D eigenvalue weighted by molar-refractivity contribution is 6.06. The fourth-order valence-corrected chi connectivity index (χ4v) is 3.59. The molecule has 170 valence electrons. The molecule has 0 fully saturated rings. The number of carbonyl (C=O) groups excluding carboxylic acids is 3. The number of amides is 3. The third kappa shape index (κ3) is 4.43. The number of nitriles is 1. The van der Waals surface area contributed by atoms with Crippen LogP contribution in [-0.4, -0.2) is 29.9 Å². The van der Waals surface area contributed by atoms with Gasteiger partial charge in [0.15, 0.2) is 0 Å². The van der Waals surface area contributed by atoms with Crippen molar-refractivity contribution in [3.63, 3.8) is 0 Å². The molecular formula is C23H18F3N3O4. The Bertz CT molecular complexity index is 1170. The summed E-state index contributed by atoms with van der Waals surface area (Å²) in [5.41, 5.74) is -0.566. The highest BCUT2D eigenvalue weighted by atomic mass is 19.4. The molecule has 1 aliphatic rings. The molecule has 3 rings (SSSR count). The van der Waals surface area contributed by atoms with E-state index >= 15 is 0 Å². The Balaban J connectivity index is 2.24. The van der Waals surface area contributed by atoms with Crippen LogP contribution in [0.3, 0.4) is 0 Å². The van der Waals surface area contributed by atoms with E-state index in [9.17, 15) is 27.6 Å². The van der Waals surface area contributed by atoms with Crippen molar-refractivity contribution in [1.29, 1.82) is 5.26 Å². The van der Waals surface area contributed by atoms with Gasteiger partial charge in [0.1, 0.15) is 6.04 Å². The van der Waals surface area contributed by atoms with E-state index in [-0.39, 0.29) is 30.0 Å². The smallest absolute Gasteiger partial charge is 0.416 e. The van der Waals surface area contributed by atoms with Crippen LogP contribution in [0.1, 0.15) is 36.6 Å². The Morgan fingerprint density at radius 3 is 2.42 bits per heavy atom. The van der Waals surface area contributed by atoms with E-state index < -0.39 is 29.8 Å². The predicted molar refractivity (Wildman–Crippen MR) is 110 cm³/mol. The Kier molecular flexibility index (Phi) is 6.53. The summed E-state index contributed by atoms with van der Waals surface area (Å²) < 4.78 is 44.9. The SMILES string of the molecule is CCOC(=O)C1=C(C)N(c2cccc(C(F)(F)F)c2)C(=O)N(C=O)C1c1ccc(C#N)cc1. The molecule has 33 heavy (non-hydrogen) atoms. The van der Waals surface area contributed by atoms with Crippen LogP contribution in [0.25, 0.3) is 0 Å². The van der Waals surface area contributed by atoms with Crippen LogP contribution in [0.4, 0.5) is 23.7 Å². The Morgan fingerprint density at radius 2 is 1.88 bits per heavy atom. The van der Waals surface area contributed by atoms with Crippen LogP contribution in [0, 0.1) is 11.3 Å². The molecule has 2 aromatic carbocycles. The second-order valence-corrected chi connectivity index (χ2v) is 7.03. The van der Waals surface area contributed by atoms with Gasteiger partial charge >= 0.3 is 18.2 Å². The highest BCUT2D eigenvalue weighted by Gasteiger charge is 2.43. The molecule has 0 N–H and O–H groups in total. The van der Waals surface area contributed by atoms with E-state index in [1.165, 1.54) is 37.3 Å². The van der Waals surface area contributed by atoms with E-state index in [0.717, 1.165) is 23.1 Å². The second-order valence-electron chi connectivity index (χ2n) is 7.03. The van der Waals surface area contributed by atoms with Gasteiger partial charge in [-0.15, -0.1) is 0 Å². The lowest BCUT2D eigenvalue weighted by Crippen LogP contribution is -2.50. The zero-order valence-electron chi connectivity index (χ0n) is 17.6. The molecule has 0 spiro atoms. The molecule has 1 heterocycles. The summed E-state index contributed by atoms with van der Waals surface area (Å²) in [4.78, 5) is 39.7. The number of benzene rings is 2. The van der Waals surface area contributed by atoms with Crippen LogP contribution in [0.5, 0.6) is 0 Å². The fraction of sp³-hybridized carbons (Fsp3) is 0.217. The lowest BCUT2D eigenvalue weighted by Gasteiger charge is -2.40. The molecule has 0 saturated carbocycles. The highest BCUT2D eigenvalue weighted by Crippen LogP contribution is 2.40. The van der Waals surface area contributed by atoms with Crippen molar-refractivity contribution in [1.82, 2.24) is 4.90 Å². The number of alkyl halides is 3. The Morgan fingerprint density at radius 1 is 1.21 bits per heavy atom. The normalized spacial score (nSPS) is 16.5. The monoisotopic (exact) mass is 457 g/mol. The van der Waals surface area contributed by atoms with E-state index in [1.807, 2.05) is 6.07 Å². The van der Waals surface area contributed by atoms with Gasteiger partial charge in [-0.3, -0.25) is 14.6 Å². The molecule has 0 aromatic heterocycles. The van der Waals surface area contributed by atoms with Gasteiger partial charge in [0.2, 0.25) is 6.41 Å². The minimum atomic E-state index is -4.66. The van der Waals surface area contributed by atoms with Gasteiger partial charge in [0.05, 0.1) is 35.1 Å². The molecule has 1 unspecified atom stereocenters. The molecule has 0 aliphatic carbocycles. The van der Waals surface area contributed by atoms with Crippen molar-refractivity contribution in [2.45, 2.75) is 26.1 Å².